The quantitative estimate of drug-likeness (QED) is 0.895. The average molecular weight is 364 g/mol. The van der Waals surface area contributed by atoms with Crippen molar-refractivity contribution in [3.63, 3.8) is 0 Å². The molecule has 0 spiro atoms. The zero-order valence-electron chi connectivity index (χ0n) is 14.3. The van der Waals surface area contributed by atoms with Crippen LogP contribution in [0.1, 0.15) is 35.7 Å². The highest BCUT2D eigenvalue weighted by atomic mass is 19.4. The standard InChI is InChI=1S/C18H19F3N4O/c1-12-5-7-25(8-6-12)16-10-15(22-11-23-16)24-17(26)13-3-2-4-14(9-13)18(19,20)21/h2-4,9-12H,5-8H2,1H3,(H,22,23,24,26). The molecule has 1 aromatic carbocycles. The first kappa shape index (κ1) is 18.2. The van der Waals surface area contributed by atoms with Crippen molar-refractivity contribution in [1.29, 1.82) is 0 Å². The number of carbonyl (C=O) groups excluding carboxylic acids is 1. The molecule has 2 aromatic rings. The van der Waals surface area contributed by atoms with Gasteiger partial charge in [-0.1, -0.05) is 13.0 Å². The average Bonchev–Trinajstić information content (AvgIpc) is 2.62. The lowest BCUT2D eigenvalue weighted by molar-refractivity contribution is -0.137. The van der Waals surface area contributed by atoms with Crippen molar-refractivity contribution in [2.75, 3.05) is 23.3 Å². The second kappa shape index (κ2) is 7.31. The minimum atomic E-state index is -4.50. The highest BCUT2D eigenvalue weighted by Crippen LogP contribution is 2.29. The Bertz CT molecular complexity index is 786. The number of anilines is 2. The minimum Gasteiger partial charge on any atom is -0.356 e. The maximum Gasteiger partial charge on any atom is 0.416 e. The second-order valence-corrected chi connectivity index (χ2v) is 6.46. The summed E-state index contributed by atoms with van der Waals surface area (Å²) in [5.41, 5.74) is -0.942. The normalized spacial score (nSPS) is 15.8. The molecule has 0 atom stereocenters. The van der Waals surface area contributed by atoms with Gasteiger partial charge in [0, 0.05) is 24.7 Å². The van der Waals surface area contributed by atoms with Crippen LogP contribution in [0.15, 0.2) is 36.7 Å². The van der Waals surface area contributed by atoms with Crippen LogP contribution in [0.2, 0.25) is 0 Å². The van der Waals surface area contributed by atoms with Gasteiger partial charge in [-0.3, -0.25) is 4.79 Å². The molecule has 5 nitrogen and oxygen atoms in total. The smallest absolute Gasteiger partial charge is 0.356 e. The molecule has 1 aliphatic heterocycles. The van der Waals surface area contributed by atoms with Gasteiger partial charge in [-0.25, -0.2) is 9.97 Å². The van der Waals surface area contributed by atoms with E-state index in [1.807, 2.05) is 0 Å². The number of aromatic nitrogens is 2. The van der Waals surface area contributed by atoms with Crippen LogP contribution >= 0.6 is 0 Å². The largest absolute Gasteiger partial charge is 0.416 e. The summed E-state index contributed by atoms with van der Waals surface area (Å²) in [5.74, 6) is 0.989. The summed E-state index contributed by atoms with van der Waals surface area (Å²) < 4.78 is 38.4. The molecule has 0 unspecified atom stereocenters. The van der Waals surface area contributed by atoms with E-state index in [1.165, 1.54) is 18.5 Å². The van der Waals surface area contributed by atoms with Crippen molar-refractivity contribution >= 4 is 17.5 Å². The lowest BCUT2D eigenvalue weighted by atomic mass is 9.99. The Morgan fingerprint density at radius 3 is 2.62 bits per heavy atom. The van der Waals surface area contributed by atoms with E-state index in [1.54, 1.807) is 6.07 Å². The Balaban J connectivity index is 1.73. The van der Waals surface area contributed by atoms with Gasteiger partial charge < -0.3 is 10.2 Å². The number of amides is 1. The lowest BCUT2D eigenvalue weighted by Crippen LogP contribution is -2.33. The molecule has 1 fully saturated rings. The van der Waals surface area contributed by atoms with E-state index in [2.05, 4.69) is 27.1 Å². The van der Waals surface area contributed by atoms with E-state index in [9.17, 15) is 18.0 Å². The van der Waals surface area contributed by atoms with Crippen LogP contribution in [0, 0.1) is 5.92 Å². The highest BCUT2D eigenvalue weighted by molar-refractivity contribution is 6.04. The van der Waals surface area contributed by atoms with Crippen molar-refractivity contribution in [2.45, 2.75) is 25.9 Å². The number of piperidine rings is 1. The number of nitrogens with one attached hydrogen (secondary N) is 1. The maximum absolute atomic E-state index is 12.8. The lowest BCUT2D eigenvalue weighted by Gasteiger charge is -2.31. The summed E-state index contributed by atoms with van der Waals surface area (Å²) in [6.45, 7) is 3.95. The summed E-state index contributed by atoms with van der Waals surface area (Å²) in [6.07, 6.45) is -1.02. The van der Waals surface area contributed by atoms with Gasteiger partial charge in [-0.15, -0.1) is 0 Å². The van der Waals surface area contributed by atoms with Crippen molar-refractivity contribution in [1.82, 2.24) is 9.97 Å². The fourth-order valence-electron chi connectivity index (χ4n) is 2.85. The van der Waals surface area contributed by atoms with Crippen LogP contribution < -0.4 is 10.2 Å². The van der Waals surface area contributed by atoms with Crippen LogP contribution in [-0.2, 0) is 6.18 Å². The third-order valence-electron chi connectivity index (χ3n) is 4.45. The van der Waals surface area contributed by atoms with Gasteiger partial charge in [0.1, 0.15) is 18.0 Å². The molecule has 1 aliphatic rings. The summed E-state index contributed by atoms with van der Waals surface area (Å²) >= 11 is 0. The van der Waals surface area contributed by atoms with Gasteiger partial charge in [0.25, 0.3) is 5.91 Å². The molecule has 1 N–H and O–H groups in total. The summed E-state index contributed by atoms with van der Waals surface area (Å²) in [5, 5.41) is 2.54. The molecule has 1 saturated heterocycles. The van der Waals surface area contributed by atoms with Crippen LogP contribution in [0.25, 0.3) is 0 Å². The molecule has 0 bridgehead atoms. The third-order valence-corrected chi connectivity index (χ3v) is 4.45. The topological polar surface area (TPSA) is 58.1 Å². The minimum absolute atomic E-state index is 0.0771. The monoisotopic (exact) mass is 364 g/mol. The molecule has 26 heavy (non-hydrogen) atoms. The number of rotatable bonds is 3. The van der Waals surface area contributed by atoms with Crippen molar-refractivity contribution in [2.24, 2.45) is 5.92 Å². The van der Waals surface area contributed by atoms with Crippen LogP contribution in [0.4, 0.5) is 24.8 Å². The fraction of sp³-hybridized carbons (Fsp3) is 0.389. The summed E-state index contributed by atoms with van der Waals surface area (Å²) in [4.78, 5) is 22.6. The fourth-order valence-corrected chi connectivity index (χ4v) is 2.85. The number of hydrogen-bond donors (Lipinski definition) is 1. The van der Waals surface area contributed by atoms with Crippen LogP contribution in [-0.4, -0.2) is 29.0 Å². The number of hydrogen-bond acceptors (Lipinski definition) is 4. The maximum atomic E-state index is 12.8. The summed E-state index contributed by atoms with van der Waals surface area (Å²) in [7, 11) is 0. The summed E-state index contributed by atoms with van der Waals surface area (Å²) in [6, 6.07) is 5.93. The third kappa shape index (κ3) is 4.30. The Labute approximate surface area is 149 Å². The van der Waals surface area contributed by atoms with E-state index in [4.69, 9.17) is 0 Å². The Morgan fingerprint density at radius 1 is 1.19 bits per heavy atom. The van der Waals surface area contributed by atoms with Gasteiger partial charge in [-0.2, -0.15) is 13.2 Å². The number of halogens is 3. The first-order valence-electron chi connectivity index (χ1n) is 8.38. The van der Waals surface area contributed by atoms with Crippen LogP contribution in [0.5, 0.6) is 0 Å². The van der Waals surface area contributed by atoms with Crippen LogP contribution in [0.3, 0.4) is 0 Å². The van der Waals surface area contributed by atoms with Gasteiger partial charge in [0.05, 0.1) is 5.56 Å². The number of nitrogens with zero attached hydrogens (tertiary/aromatic N) is 3. The molecule has 8 heteroatoms. The van der Waals surface area contributed by atoms with Crippen molar-refractivity contribution in [3.8, 4) is 0 Å². The SMILES string of the molecule is CC1CCN(c2cc(NC(=O)c3cccc(C(F)(F)F)c3)ncn2)CC1. The van der Waals surface area contributed by atoms with E-state index in [0.717, 1.165) is 38.1 Å². The molecule has 0 saturated carbocycles. The second-order valence-electron chi connectivity index (χ2n) is 6.46. The highest BCUT2D eigenvalue weighted by Gasteiger charge is 2.31. The van der Waals surface area contributed by atoms with Gasteiger partial charge >= 0.3 is 6.18 Å². The zero-order valence-corrected chi connectivity index (χ0v) is 14.3. The van der Waals surface area contributed by atoms with Crippen molar-refractivity contribution in [3.05, 3.63) is 47.8 Å². The predicted molar refractivity (Wildman–Crippen MR) is 92.0 cm³/mol. The Kier molecular flexibility index (Phi) is 5.11. The number of alkyl halides is 3. The molecular weight excluding hydrogens is 345 g/mol. The van der Waals surface area contributed by atoms with E-state index in [0.29, 0.717) is 11.7 Å². The Morgan fingerprint density at radius 2 is 1.92 bits per heavy atom. The number of carbonyl (C=O) groups is 1. The molecule has 138 valence electrons. The molecule has 1 aromatic heterocycles. The molecule has 2 heterocycles. The predicted octanol–water partition coefficient (Wildman–Crippen LogP) is 3.98. The molecule has 1 amide bonds. The molecule has 0 radical (unpaired) electrons. The van der Waals surface area contributed by atoms with Crippen molar-refractivity contribution < 1.29 is 18.0 Å². The van der Waals surface area contributed by atoms with E-state index in [-0.39, 0.29) is 11.4 Å². The first-order valence-corrected chi connectivity index (χ1v) is 8.38. The molecule has 3 rings (SSSR count). The first-order chi connectivity index (χ1) is 12.3. The Hall–Kier alpha value is -2.64. The molecular formula is C18H19F3N4O. The van der Waals surface area contributed by atoms with E-state index < -0.39 is 17.6 Å². The van der Waals surface area contributed by atoms with Gasteiger partial charge in [0.2, 0.25) is 0 Å². The van der Waals surface area contributed by atoms with Gasteiger partial charge in [-0.05, 0) is 37.0 Å². The van der Waals surface area contributed by atoms with E-state index >= 15 is 0 Å². The molecule has 0 aliphatic carbocycles. The van der Waals surface area contributed by atoms with Gasteiger partial charge in [0.15, 0.2) is 0 Å². The zero-order chi connectivity index (χ0) is 18.7. The number of benzene rings is 1.